The molecule has 1 aromatic heterocycles. The van der Waals surface area contributed by atoms with Crippen LogP contribution < -0.4 is 10.9 Å². The summed E-state index contributed by atoms with van der Waals surface area (Å²) in [5.74, 6) is 0.678. The van der Waals surface area contributed by atoms with Crippen molar-refractivity contribution in [2.24, 2.45) is 0 Å². The summed E-state index contributed by atoms with van der Waals surface area (Å²) in [5.41, 5.74) is 0.692. The standard InChI is InChI=1S/C13H21N3O3/c1-18-6-7-19-5-4-12-15-11(8-13(17)16-12)9-14-10-2-3-10/h8,10,14H,2-7,9H2,1H3,(H,15,16,17). The van der Waals surface area contributed by atoms with E-state index in [2.05, 4.69) is 15.3 Å². The average molecular weight is 267 g/mol. The fourth-order valence-electron chi connectivity index (χ4n) is 1.72. The summed E-state index contributed by atoms with van der Waals surface area (Å²) in [6.07, 6.45) is 3.06. The molecule has 0 spiro atoms. The minimum absolute atomic E-state index is 0.102. The minimum atomic E-state index is -0.102. The van der Waals surface area contributed by atoms with E-state index in [0.29, 0.717) is 44.7 Å². The number of rotatable bonds is 9. The molecule has 0 saturated heterocycles. The van der Waals surface area contributed by atoms with Gasteiger partial charge in [0.15, 0.2) is 0 Å². The van der Waals surface area contributed by atoms with E-state index in [0.717, 1.165) is 5.69 Å². The molecule has 19 heavy (non-hydrogen) atoms. The van der Waals surface area contributed by atoms with Crippen LogP contribution in [0.25, 0.3) is 0 Å². The minimum Gasteiger partial charge on any atom is -0.382 e. The molecular weight excluding hydrogens is 246 g/mol. The molecule has 0 atom stereocenters. The van der Waals surface area contributed by atoms with E-state index in [9.17, 15) is 4.79 Å². The van der Waals surface area contributed by atoms with Gasteiger partial charge >= 0.3 is 0 Å². The molecule has 0 radical (unpaired) electrons. The molecule has 6 nitrogen and oxygen atoms in total. The third-order valence-corrected chi connectivity index (χ3v) is 2.91. The molecule has 1 aromatic rings. The van der Waals surface area contributed by atoms with Crippen molar-refractivity contribution in [1.29, 1.82) is 0 Å². The second-order valence-corrected chi connectivity index (χ2v) is 4.69. The second-order valence-electron chi connectivity index (χ2n) is 4.69. The van der Waals surface area contributed by atoms with Crippen molar-refractivity contribution in [1.82, 2.24) is 15.3 Å². The molecule has 0 aliphatic heterocycles. The smallest absolute Gasteiger partial charge is 0.251 e. The lowest BCUT2D eigenvalue weighted by Crippen LogP contribution is -2.21. The number of aromatic amines is 1. The van der Waals surface area contributed by atoms with Crippen LogP contribution in [0.4, 0.5) is 0 Å². The number of aromatic nitrogens is 2. The molecule has 2 rings (SSSR count). The number of ether oxygens (including phenoxy) is 2. The van der Waals surface area contributed by atoms with Crippen molar-refractivity contribution >= 4 is 0 Å². The van der Waals surface area contributed by atoms with Crippen LogP contribution in [0, 0.1) is 0 Å². The quantitative estimate of drug-likeness (QED) is 0.626. The molecule has 1 aliphatic rings. The number of nitrogens with one attached hydrogen (secondary N) is 2. The molecule has 0 amide bonds. The van der Waals surface area contributed by atoms with Gasteiger partial charge in [-0.05, 0) is 12.8 Å². The molecule has 1 fully saturated rings. The fraction of sp³-hybridized carbons (Fsp3) is 0.692. The van der Waals surface area contributed by atoms with Gasteiger partial charge in [-0.2, -0.15) is 0 Å². The van der Waals surface area contributed by atoms with E-state index >= 15 is 0 Å². The molecule has 106 valence electrons. The zero-order valence-corrected chi connectivity index (χ0v) is 11.3. The highest BCUT2D eigenvalue weighted by Crippen LogP contribution is 2.18. The summed E-state index contributed by atoms with van der Waals surface area (Å²) in [5, 5.41) is 3.35. The van der Waals surface area contributed by atoms with Gasteiger partial charge in [0.2, 0.25) is 0 Å². The Hall–Kier alpha value is -1.24. The molecule has 2 N–H and O–H groups in total. The highest BCUT2D eigenvalue weighted by molar-refractivity contribution is 5.03. The van der Waals surface area contributed by atoms with Gasteiger partial charge in [-0.3, -0.25) is 4.79 Å². The molecule has 1 saturated carbocycles. The lowest BCUT2D eigenvalue weighted by Gasteiger charge is -2.06. The van der Waals surface area contributed by atoms with Gasteiger partial charge in [-0.25, -0.2) is 4.98 Å². The van der Waals surface area contributed by atoms with Gasteiger partial charge < -0.3 is 19.8 Å². The Bertz CT molecular complexity index is 443. The van der Waals surface area contributed by atoms with E-state index in [1.807, 2.05) is 0 Å². The number of hydrogen-bond donors (Lipinski definition) is 2. The molecule has 1 heterocycles. The third-order valence-electron chi connectivity index (χ3n) is 2.91. The Balaban J connectivity index is 1.79. The first kappa shape index (κ1) is 14.2. The summed E-state index contributed by atoms with van der Waals surface area (Å²) in [4.78, 5) is 18.7. The first-order valence-corrected chi connectivity index (χ1v) is 6.67. The molecule has 0 bridgehead atoms. The van der Waals surface area contributed by atoms with E-state index in [-0.39, 0.29) is 5.56 Å². The summed E-state index contributed by atoms with van der Waals surface area (Å²) < 4.78 is 10.2. The van der Waals surface area contributed by atoms with Crippen molar-refractivity contribution in [2.45, 2.75) is 31.8 Å². The maximum Gasteiger partial charge on any atom is 0.251 e. The third kappa shape index (κ3) is 5.50. The van der Waals surface area contributed by atoms with Crippen LogP contribution in [0.1, 0.15) is 24.4 Å². The lowest BCUT2D eigenvalue weighted by atomic mass is 10.3. The van der Waals surface area contributed by atoms with Gasteiger partial charge in [0.05, 0.1) is 25.5 Å². The normalized spacial score (nSPS) is 14.8. The highest BCUT2D eigenvalue weighted by Gasteiger charge is 2.20. The summed E-state index contributed by atoms with van der Waals surface area (Å²) >= 11 is 0. The zero-order chi connectivity index (χ0) is 13.5. The molecular formula is C13H21N3O3. The fourth-order valence-corrected chi connectivity index (χ4v) is 1.72. The predicted octanol–water partition coefficient (Wildman–Crippen LogP) is 0.227. The van der Waals surface area contributed by atoms with E-state index in [1.54, 1.807) is 13.2 Å². The van der Waals surface area contributed by atoms with E-state index < -0.39 is 0 Å². The van der Waals surface area contributed by atoms with Crippen LogP contribution >= 0.6 is 0 Å². The Morgan fingerprint density at radius 1 is 1.42 bits per heavy atom. The maximum absolute atomic E-state index is 11.5. The molecule has 0 unspecified atom stereocenters. The van der Waals surface area contributed by atoms with Crippen LogP contribution in [-0.4, -0.2) is 42.9 Å². The van der Waals surface area contributed by atoms with Crippen LogP contribution in [0.5, 0.6) is 0 Å². The van der Waals surface area contributed by atoms with E-state index in [4.69, 9.17) is 9.47 Å². The van der Waals surface area contributed by atoms with Crippen molar-refractivity contribution in [3.63, 3.8) is 0 Å². The second kappa shape index (κ2) is 7.37. The first-order valence-electron chi connectivity index (χ1n) is 6.67. The van der Waals surface area contributed by atoms with Gasteiger partial charge in [-0.15, -0.1) is 0 Å². The highest BCUT2D eigenvalue weighted by atomic mass is 16.5. The predicted molar refractivity (Wildman–Crippen MR) is 71.1 cm³/mol. The summed E-state index contributed by atoms with van der Waals surface area (Å²) in [6, 6.07) is 2.16. The number of hydrogen-bond acceptors (Lipinski definition) is 5. The van der Waals surface area contributed by atoms with Gasteiger partial charge in [0.1, 0.15) is 5.82 Å². The van der Waals surface area contributed by atoms with Gasteiger partial charge in [0, 0.05) is 32.2 Å². The monoisotopic (exact) mass is 267 g/mol. The lowest BCUT2D eigenvalue weighted by molar-refractivity contribution is 0.0716. The molecule has 6 heteroatoms. The Morgan fingerprint density at radius 3 is 3.00 bits per heavy atom. The van der Waals surface area contributed by atoms with Gasteiger partial charge in [0.25, 0.3) is 5.56 Å². The molecule has 0 aromatic carbocycles. The van der Waals surface area contributed by atoms with Crippen molar-refractivity contribution in [2.75, 3.05) is 26.9 Å². The average Bonchev–Trinajstić information content (AvgIpc) is 3.20. The SMILES string of the molecule is COCCOCCc1nc(CNC2CC2)cc(=O)[nH]1. The Kier molecular flexibility index (Phi) is 5.50. The van der Waals surface area contributed by atoms with Crippen LogP contribution in [0.3, 0.4) is 0 Å². The van der Waals surface area contributed by atoms with Crippen molar-refractivity contribution in [3.8, 4) is 0 Å². The summed E-state index contributed by atoms with van der Waals surface area (Å²) in [6.45, 7) is 2.33. The molecule has 1 aliphatic carbocycles. The first-order chi connectivity index (χ1) is 9.28. The summed E-state index contributed by atoms with van der Waals surface area (Å²) in [7, 11) is 1.64. The topological polar surface area (TPSA) is 76.2 Å². The van der Waals surface area contributed by atoms with Crippen LogP contribution in [0.15, 0.2) is 10.9 Å². The maximum atomic E-state index is 11.5. The number of H-pyrrole nitrogens is 1. The van der Waals surface area contributed by atoms with Gasteiger partial charge in [-0.1, -0.05) is 0 Å². The number of methoxy groups -OCH3 is 1. The van der Waals surface area contributed by atoms with Crippen molar-refractivity contribution in [3.05, 3.63) is 27.9 Å². The van der Waals surface area contributed by atoms with Crippen LogP contribution in [0.2, 0.25) is 0 Å². The zero-order valence-electron chi connectivity index (χ0n) is 11.3. The van der Waals surface area contributed by atoms with Crippen molar-refractivity contribution < 1.29 is 9.47 Å². The number of nitrogens with zero attached hydrogens (tertiary/aromatic N) is 1. The van der Waals surface area contributed by atoms with E-state index in [1.165, 1.54) is 12.8 Å². The Labute approximate surface area is 112 Å². The Morgan fingerprint density at radius 2 is 2.26 bits per heavy atom. The van der Waals surface area contributed by atoms with Crippen LogP contribution in [-0.2, 0) is 22.4 Å². The largest absolute Gasteiger partial charge is 0.382 e.